The highest BCUT2D eigenvalue weighted by molar-refractivity contribution is 9.10. The predicted molar refractivity (Wildman–Crippen MR) is 41.3 cm³/mol. The molecule has 0 N–H and O–H groups in total. The molecule has 1 nitrogen and oxygen atoms in total. The highest BCUT2D eigenvalue weighted by Gasteiger charge is 1.88. The fourth-order valence-electron chi connectivity index (χ4n) is 0.480. The lowest BCUT2D eigenvalue weighted by atomic mass is 10.2. The Bertz CT molecular complexity index is 335. The van der Waals surface area contributed by atoms with E-state index < -0.39 is 13.2 Å². The third-order valence-electron chi connectivity index (χ3n) is 0.849. The van der Waals surface area contributed by atoms with Gasteiger partial charge in [0.2, 0.25) is 0 Å². The van der Waals surface area contributed by atoms with Gasteiger partial charge in [-0.2, -0.15) is 0 Å². The molecule has 0 radical (unpaired) electrons. The topological polar surface area (TPSA) is 12.9 Å². The van der Waals surface area contributed by atoms with E-state index in [1.54, 1.807) is 0 Å². The number of hydrogen-bond donors (Lipinski definition) is 0. The molecule has 0 bridgehead atoms. The first-order valence-electron chi connectivity index (χ1n) is 4.86. The van der Waals surface area contributed by atoms with E-state index in [-0.39, 0.29) is 5.56 Å². The number of aromatic nitrogens is 1. The lowest BCUT2D eigenvalue weighted by molar-refractivity contribution is 1.10. The molecule has 0 fully saturated rings. The van der Waals surface area contributed by atoms with E-state index >= 15 is 0 Å². The molecule has 0 saturated carbocycles. The SMILES string of the molecule is [2H]C([2H])([2H])C([2H])([2H])c1cncc(Br)c1. The van der Waals surface area contributed by atoms with Crippen LogP contribution in [0, 0.1) is 0 Å². The van der Waals surface area contributed by atoms with Gasteiger partial charge in [-0.25, -0.2) is 0 Å². The van der Waals surface area contributed by atoms with E-state index in [1.807, 2.05) is 0 Å². The minimum Gasteiger partial charge on any atom is -0.263 e. The number of hydrogen-bond acceptors (Lipinski definition) is 1. The molecule has 0 unspecified atom stereocenters. The minimum atomic E-state index is -2.69. The summed E-state index contributed by atoms with van der Waals surface area (Å²) in [4.78, 5) is 3.73. The van der Waals surface area contributed by atoms with Crippen molar-refractivity contribution in [1.29, 1.82) is 0 Å². The molecule has 0 aromatic carbocycles. The first-order valence-corrected chi connectivity index (χ1v) is 3.15. The van der Waals surface area contributed by atoms with Gasteiger partial charge in [0.15, 0.2) is 0 Å². The van der Waals surface area contributed by atoms with Crippen LogP contribution < -0.4 is 0 Å². The number of rotatable bonds is 1. The quantitative estimate of drug-likeness (QED) is 0.664. The van der Waals surface area contributed by atoms with E-state index in [9.17, 15) is 0 Å². The summed E-state index contributed by atoms with van der Waals surface area (Å²) in [5.41, 5.74) is 0.0480. The lowest BCUT2D eigenvalue weighted by Gasteiger charge is -1.93. The molecule has 0 atom stereocenters. The van der Waals surface area contributed by atoms with Gasteiger partial charge in [-0.05, 0) is 33.9 Å². The van der Waals surface area contributed by atoms with Crippen molar-refractivity contribution in [3.8, 4) is 0 Å². The molecule has 0 saturated heterocycles. The van der Waals surface area contributed by atoms with Crippen molar-refractivity contribution in [1.82, 2.24) is 4.98 Å². The summed E-state index contributed by atoms with van der Waals surface area (Å²) in [7, 11) is 0. The Morgan fingerprint density at radius 3 is 3.44 bits per heavy atom. The van der Waals surface area contributed by atoms with Crippen molar-refractivity contribution < 1.29 is 6.85 Å². The first kappa shape index (κ1) is 2.70. The Hall–Kier alpha value is -0.370. The minimum absolute atomic E-state index is 0.0480. The van der Waals surface area contributed by atoms with Gasteiger partial charge in [0.1, 0.15) is 0 Å². The van der Waals surface area contributed by atoms with Crippen LogP contribution in [-0.4, -0.2) is 4.98 Å². The Morgan fingerprint density at radius 1 is 1.89 bits per heavy atom. The third-order valence-corrected chi connectivity index (χ3v) is 1.28. The highest BCUT2D eigenvalue weighted by atomic mass is 79.9. The molecule has 0 aliphatic carbocycles. The van der Waals surface area contributed by atoms with E-state index in [4.69, 9.17) is 6.85 Å². The van der Waals surface area contributed by atoms with E-state index in [2.05, 4.69) is 20.9 Å². The Kier molecular flexibility index (Phi) is 0.892. The Labute approximate surface area is 70.3 Å². The van der Waals surface area contributed by atoms with Gasteiger partial charge in [0.05, 0.1) is 0 Å². The average molecular weight is 191 g/mol. The molecule has 1 heterocycles. The highest BCUT2D eigenvalue weighted by Crippen LogP contribution is 2.09. The molecule has 48 valence electrons. The van der Waals surface area contributed by atoms with Gasteiger partial charge >= 0.3 is 0 Å². The normalized spacial score (nSPS) is 20.8. The van der Waals surface area contributed by atoms with Crippen molar-refractivity contribution >= 4 is 15.9 Å². The summed E-state index contributed by atoms with van der Waals surface area (Å²) in [6.07, 6.45) is 0.319. The molecule has 0 aliphatic rings. The lowest BCUT2D eigenvalue weighted by Crippen LogP contribution is -1.80. The zero-order valence-electron chi connectivity index (χ0n) is 9.56. The second-order valence-electron chi connectivity index (χ2n) is 1.52. The zero-order valence-corrected chi connectivity index (χ0v) is 6.14. The monoisotopic (exact) mass is 190 g/mol. The molecule has 1 aromatic heterocycles. The molecular weight excluding hydrogens is 178 g/mol. The van der Waals surface area contributed by atoms with Gasteiger partial charge in [-0.1, -0.05) is 6.85 Å². The summed E-state index contributed by atoms with van der Waals surface area (Å²) in [6, 6.07) is 1.42. The maximum absolute atomic E-state index is 7.46. The molecule has 0 spiro atoms. The summed E-state index contributed by atoms with van der Waals surface area (Å²) < 4.78 is 36.6. The zero-order chi connectivity index (χ0) is 11.0. The van der Waals surface area contributed by atoms with Crippen LogP contribution in [-0.2, 0) is 6.37 Å². The molecule has 9 heavy (non-hydrogen) atoms. The van der Waals surface area contributed by atoms with E-state index in [0.717, 1.165) is 0 Å². The second-order valence-corrected chi connectivity index (χ2v) is 2.43. The molecule has 1 rings (SSSR count). The van der Waals surface area contributed by atoms with Crippen molar-refractivity contribution in [2.75, 3.05) is 0 Å². The molecule has 1 aromatic rings. The van der Waals surface area contributed by atoms with Crippen molar-refractivity contribution in [3.63, 3.8) is 0 Å². The number of nitrogens with zero attached hydrogens (tertiary/aromatic N) is 1. The molecule has 2 heteroatoms. The molecule has 0 aliphatic heterocycles. The smallest absolute Gasteiger partial charge is 0.0410 e. The molecule has 0 amide bonds. The fourth-order valence-corrected chi connectivity index (χ4v) is 0.845. The first-order chi connectivity index (χ1) is 6.25. The number of aryl methyl sites for hydroxylation is 1. The predicted octanol–water partition coefficient (Wildman–Crippen LogP) is 2.41. The van der Waals surface area contributed by atoms with Crippen LogP contribution in [0.15, 0.2) is 22.9 Å². The van der Waals surface area contributed by atoms with Crippen molar-refractivity contribution in [2.45, 2.75) is 13.2 Å². The Morgan fingerprint density at radius 2 is 2.78 bits per heavy atom. The van der Waals surface area contributed by atoms with Crippen LogP contribution in [0.1, 0.15) is 19.3 Å². The van der Waals surface area contributed by atoms with Crippen LogP contribution in [0.5, 0.6) is 0 Å². The summed E-state index contributed by atoms with van der Waals surface area (Å²) in [5.74, 6) is 0. The van der Waals surface area contributed by atoms with E-state index in [1.165, 1.54) is 18.5 Å². The summed E-state index contributed by atoms with van der Waals surface area (Å²) in [5, 5.41) is 0. The van der Waals surface area contributed by atoms with Gasteiger partial charge in [0.25, 0.3) is 0 Å². The van der Waals surface area contributed by atoms with Gasteiger partial charge in [-0.15, -0.1) is 0 Å². The van der Waals surface area contributed by atoms with Crippen LogP contribution >= 0.6 is 15.9 Å². The van der Waals surface area contributed by atoms with Crippen LogP contribution in [0.2, 0.25) is 0 Å². The average Bonchev–Trinajstić information content (AvgIpc) is 2.02. The van der Waals surface area contributed by atoms with Gasteiger partial charge < -0.3 is 0 Å². The van der Waals surface area contributed by atoms with E-state index in [0.29, 0.717) is 4.47 Å². The van der Waals surface area contributed by atoms with Crippen molar-refractivity contribution in [2.24, 2.45) is 0 Å². The van der Waals surface area contributed by atoms with Crippen LogP contribution in [0.4, 0.5) is 0 Å². The van der Waals surface area contributed by atoms with Crippen molar-refractivity contribution in [3.05, 3.63) is 28.5 Å². The number of halogens is 1. The standard InChI is InChI=1S/C7H8BrN/c1-2-6-3-7(8)5-9-4-6/h3-5H,2H2,1H3/i1D3,2D2. The maximum Gasteiger partial charge on any atom is 0.0410 e. The van der Waals surface area contributed by atoms with Crippen LogP contribution in [0.25, 0.3) is 0 Å². The maximum atomic E-state index is 7.46. The van der Waals surface area contributed by atoms with Gasteiger partial charge in [-0.3, -0.25) is 4.98 Å². The van der Waals surface area contributed by atoms with Gasteiger partial charge in [0, 0.05) is 23.7 Å². The van der Waals surface area contributed by atoms with Crippen LogP contribution in [0.3, 0.4) is 0 Å². The Balaban J connectivity index is 3.16. The fraction of sp³-hybridized carbons (Fsp3) is 0.286. The molecular formula is C7H8BrN. The summed E-state index contributed by atoms with van der Waals surface area (Å²) in [6.45, 7) is -2.69. The number of pyridine rings is 1. The largest absolute Gasteiger partial charge is 0.263 e. The summed E-state index contributed by atoms with van der Waals surface area (Å²) >= 11 is 3.11. The third kappa shape index (κ3) is 1.79. The second kappa shape index (κ2) is 2.97.